The fourth-order valence-electron chi connectivity index (χ4n) is 2.26. The molecule has 0 saturated carbocycles. The van der Waals surface area contributed by atoms with E-state index in [4.69, 9.17) is 0 Å². The van der Waals surface area contributed by atoms with E-state index in [0.717, 1.165) is 12.8 Å². The maximum Gasteiger partial charge on any atom is 0.0377 e. The van der Waals surface area contributed by atoms with Gasteiger partial charge in [-0.25, -0.2) is 0 Å². The van der Waals surface area contributed by atoms with Gasteiger partial charge in [0.05, 0.1) is 0 Å². The van der Waals surface area contributed by atoms with Gasteiger partial charge in [-0.15, -0.1) is 0 Å². The molecule has 1 aromatic rings. The van der Waals surface area contributed by atoms with Crippen LogP contribution in [0.3, 0.4) is 0 Å². The third-order valence-electron chi connectivity index (χ3n) is 3.45. The average molecular weight is 280 g/mol. The topological polar surface area (TPSA) is 12.0 Å². The number of allylic oxidation sites excluding steroid dienone is 1. The van der Waals surface area contributed by atoms with Crippen molar-refractivity contribution in [1.82, 2.24) is 5.32 Å². The van der Waals surface area contributed by atoms with Crippen molar-refractivity contribution in [3.63, 3.8) is 0 Å². The van der Waals surface area contributed by atoms with Gasteiger partial charge in [-0.1, -0.05) is 34.1 Å². The lowest BCUT2D eigenvalue weighted by molar-refractivity contribution is 0.541. The minimum absolute atomic E-state index is 0.0377. The van der Waals surface area contributed by atoms with E-state index in [9.17, 15) is 0 Å². The second-order valence-electron chi connectivity index (χ2n) is 4.80. The molecule has 16 heavy (non-hydrogen) atoms. The van der Waals surface area contributed by atoms with Crippen molar-refractivity contribution >= 4 is 21.5 Å². The molecule has 0 amide bonds. The Hall–Kier alpha value is -0.600. The van der Waals surface area contributed by atoms with Crippen molar-refractivity contribution < 1.29 is 0 Å². The van der Waals surface area contributed by atoms with Gasteiger partial charge in [0, 0.05) is 10.0 Å². The fraction of sp³-hybridized carbons (Fsp3) is 0.429. The second-order valence-corrected chi connectivity index (χ2v) is 5.65. The minimum Gasteiger partial charge on any atom is -0.311 e. The predicted octanol–water partition coefficient (Wildman–Crippen LogP) is 3.78. The van der Waals surface area contributed by atoms with Crippen LogP contribution < -0.4 is 5.32 Å². The Morgan fingerprint density at radius 1 is 1.31 bits per heavy atom. The van der Waals surface area contributed by atoms with E-state index in [1.807, 2.05) is 7.05 Å². The molecular formula is C14H18BrN. The van der Waals surface area contributed by atoms with Crippen LogP contribution in [0.25, 0.3) is 5.57 Å². The van der Waals surface area contributed by atoms with Gasteiger partial charge in [0.25, 0.3) is 0 Å². The minimum atomic E-state index is 0.0377. The maximum atomic E-state index is 3.65. The molecule has 2 heteroatoms. The van der Waals surface area contributed by atoms with Crippen LogP contribution in [-0.2, 0) is 6.42 Å². The molecule has 1 nitrogen and oxygen atoms in total. The first kappa shape index (κ1) is 11.9. The van der Waals surface area contributed by atoms with Crippen molar-refractivity contribution in [2.45, 2.75) is 32.2 Å². The highest BCUT2D eigenvalue weighted by Gasteiger charge is 2.26. The first-order valence-corrected chi connectivity index (χ1v) is 6.53. The molecule has 0 heterocycles. The number of fused-ring (bicyclic) bond motifs is 1. The molecule has 0 fully saturated rings. The summed E-state index contributed by atoms with van der Waals surface area (Å²) in [4.78, 5) is 0. The van der Waals surface area contributed by atoms with E-state index < -0.39 is 0 Å². The molecule has 0 aliphatic heterocycles. The molecule has 0 atom stereocenters. The smallest absolute Gasteiger partial charge is 0.0377 e. The summed E-state index contributed by atoms with van der Waals surface area (Å²) in [7, 11) is 2.02. The van der Waals surface area contributed by atoms with Gasteiger partial charge in [-0.2, -0.15) is 0 Å². The molecule has 2 rings (SSSR count). The lowest BCUT2D eigenvalue weighted by atomic mass is 9.81. The Kier molecular flexibility index (Phi) is 3.22. The van der Waals surface area contributed by atoms with Crippen LogP contribution in [0, 0.1) is 0 Å². The van der Waals surface area contributed by atoms with E-state index >= 15 is 0 Å². The molecule has 0 bridgehead atoms. The number of hydrogen-bond donors (Lipinski definition) is 1. The molecule has 1 N–H and O–H groups in total. The Bertz CT molecular complexity index is 432. The first-order chi connectivity index (χ1) is 7.56. The molecule has 1 aliphatic carbocycles. The van der Waals surface area contributed by atoms with Gasteiger partial charge < -0.3 is 5.32 Å². The van der Waals surface area contributed by atoms with Crippen LogP contribution in [0.5, 0.6) is 0 Å². The van der Waals surface area contributed by atoms with Crippen LogP contribution in [0.2, 0.25) is 0 Å². The summed E-state index contributed by atoms with van der Waals surface area (Å²) < 4.78 is 1.24. The van der Waals surface area contributed by atoms with Crippen LogP contribution in [0.15, 0.2) is 28.7 Å². The van der Waals surface area contributed by atoms with Gasteiger partial charge in [-0.3, -0.25) is 0 Å². The number of likely N-dealkylation sites (N-methyl/N-ethyl adjacent to an activating group) is 1. The van der Waals surface area contributed by atoms with Crippen LogP contribution in [-0.4, -0.2) is 12.6 Å². The third-order valence-corrected chi connectivity index (χ3v) is 4.19. The van der Waals surface area contributed by atoms with Crippen LogP contribution >= 0.6 is 15.9 Å². The summed E-state index contributed by atoms with van der Waals surface area (Å²) in [6.07, 6.45) is 4.64. The monoisotopic (exact) mass is 279 g/mol. The van der Waals surface area contributed by atoms with E-state index in [2.05, 4.69) is 59.4 Å². The molecule has 0 unspecified atom stereocenters. The highest BCUT2D eigenvalue weighted by molar-refractivity contribution is 9.10. The predicted molar refractivity (Wildman–Crippen MR) is 73.6 cm³/mol. The van der Waals surface area contributed by atoms with Gasteiger partial charge in [0.2, 0.25) is 0 Å². The van der Waals surface area contributed by atoms with Gasteiger partial charge in [0.15, 0.2) is 0 Å². The number of halogens is 1. The normalized spacial score (nSPS) is 15.6. The van der Waals surface area contributed by atoms with Crippen molar-refractivity contribution in [2.75, 3.05) is 7.05 Å². The largest absolute Gasteiger partial charge is 0.311 e. The zero-order valence-corrected chi connectivity index (χ0v) is 11.7. The number of rotatable bonds is 2. The van der Waals surface area contributed by atoms with E-state index in [1.54, 1.807) is 0 Å². The lowest BCUT2D eigenvalue weighted by Gasteiger charge is -2.32. The van der Waals surface area contributed by atoms with Crippen molar-refractivity contribution in [1.29, 1.82) is 0 Å². The summed E-state index contributed by atoms with van der Waals surface area (Å²) in [5.74, 6) is 0. The number of benzene rings is 1. The summed E-state index contributed by atoms with van der Waals surface area (Å²) in [6.45, 7) is 4.46. The Morgan fingerprint density at radius 2 is 2.06 bits per heavy atom. The van der Waals surface area contributed by atoms with E-state index in [0.29, 0.717) is 0 Å². The van der Waals surface area contributed by atoms with Crippen LogP contribution in [0.4, 0.5) is 0 Å². The zero-order chi connectivity index (χ0) is 11.8. The molecule has 0 aromatic heterocycles. The second kappa shape index (κ2) is 4.34. The average Bonchev–Trinajstić information content (AvgIpc) is 2.29. The number of nitrogens with one attached hydrogen (secondary N) is 1. The number of hydrogen-bond acceptors (Lipinski definition) is 1. The third kappa shape index (κ3) is 1.96. The summed E-state index contributed by atoms with van der Waals surface area (Å²) >= 11 is 3.65. The van der Waals surface area contributed by atoms with Gasteiger partial charge in [0.1, 0.15) is 0 Å². The molecule has 0 saturated heterocycles. The van der Waals surface area contributed by atoms with Crippen LogP contribution in [0.1, 0.15) is 31.4 Å². The summed E-state index contributed by atoms with van der Waals surface area (Å²) in [5.41, 5.74) is 4.29. The quantitative estimate of drug-likeness (QED) is 0.869. The summed E-state index contributed by atoms with van der Waals surface area (Å²) in [6, 6.07) is 6.48. The highest BCUT2D eigenvalue weighted by atomic mass is 79.9. The molecule has 86 valence electrons. The SMILES string of the molecule is CNC(C)(C)C1=CCCc2c(Br)cccc21. The van der Waals surface area contributed by atoms with Crippen molar-refractivity contribution in [2.24, 2.45) is 0 Å². The van der Waals surface area contributed by atoms with E-state index in [-0.39, 0.29) is 5.54 Å². The summed E-state index contributed by atoms with van der Waals surface area (Å²) in [5, 5.41) is 3.39. The Labute approximate surface area is 106 Å². The molecule has 0 spiro atoms. The lowest BCUT2D eigenvalue weighted by Crippen LogP contribution is -2.38. The van der Waals surface area contributed by atoms with E-state index in [1.165, 1.54) is 21.2 Å². The maximum absolute atomic E-state index is 3.65. The van der Waals surface area contributed by atoms with Crippen molar-refractivity contribution in [3.8, 4) is 0 Å². The Morgan fingerprint density at radius 3 is 2.75 bits per heavy atom. The molecule has 1 aliphatic rings. The molecule has 1 aromatic carbocycles. The van der Waals surface area contributed by atoms with Gasteiger partial charge >= 0.3 is 0 Å². The highest BCUT2D eigenvalue weighted by Crippen LogP contribution is 2.36. The molecular weight excluding hydrogens is 262 g/mol. The Balaban J connectivity index is 2.53. The van der Waals surface area contributed by atoms with Gasteiger partial charge in [-0.05, 0) is 56.5 Å². The molecule has 0 radical (unpaired) electrons. The fourth-order valence-corrected chi connectivity index (χ4v) is 2.83. The standard InChI is InChI=1S/C14H18BrN/c1-14(2,16-3)12-8-4-7-11-10(12)6-5-9-13(11)15/h5-6,8-9,16H,4,7H2,1-3H3. The van der Waals surface area contributed by atoms with Crippen molar-refractivity contribution in [3.05, 3.63) is 39.9 Å². The zero-order valence-electron chi connectivity index (χ0n) is 10.1. The first-order valence-electron chi connectivity index (χ1n) is 5.73.